The van der Waals surface area contributed by atoms with Crippen LogP contribution < -0.4 is 0 Å². The fraction of sp³-hybridized carbons (Fsp3) is 0. The van der Waals surface area contributed by atoms with Crippen molar-refractivity contribution in [2.75, 3.05) is 0 Å². The largest absolute Gasteiger partial charge is 0.432 e. The molecule has 2 aromatic carbocycles. The smallest absolute Gasteiger partial charge is 0.270 e. The fourth-order valence-corrected chi connectivity index (χ4v) is 2.63. The summed E-state index contributed by atoms with van der Waals surface area (Å²) >= 11 is 0. The van der Waals surface area contributed by atoms with Gasteiger partial charge < -0.3 is 4.42 Å². The first-order chi connectivity index (χ1) is 11.6. The number of nitrogens with zero attached hydrogens (tertiary/aromatic N) is 2. The van der Waals surface area contributed by atoms with E-state index in [9.17, 15) is 19.7 Å². The zero-order chi connectivity index (χ0) is 16.8. The highest BCUT2D eigenvalue weighted by molar-refractivity contribution is 6.26. The molecular formula is C17H8N2O5. The Morgan fingerprint density at radius 1 is 0.958 bits per heavy atom. The van der Waals surface area contributed by atoms with Crippen LogP contribution in [0, 0.1) is 10.1 Å². The molecule has 116 valence electrons. The molecule has 1 aromatic heterocycles. The van der Waals surface area contributed by atoms with Gasteiger partial charge in [0, 0.05) is 28.8 Å². The van der Waals surface area contributed by atoms with Gasteiger partial charge in [-0.05, 0) is 6.07 Å². The van der Waals surface area contributed by atoms with Gasteiger partial charge in [0.05, 0.1) is 4.92 Å². The maximum Gasteiger partial charge on any atom is 0.270 e. The van der Waals surface area contributed by atoms with Gasteiger partial charge >= 0.3 is 0 Å². The normalized spacial score (nSPS) is 12.7. The van der Waals surface area contributed by atoms with E-state index in [2.05, 4.69) is 4.98 Å². The maximum atomic E-state index is 12.5. The number of carbonyl (C=O) groups is 2. The number of ketones is 2. The van der Waals surface area contributed by atoms with Crippen LogP contribution in [0.2, 0.25) is 0 Å². The number of hydrogen-bond donors (Lipinski definition) is 0. The van der Waals surface area contributed by atoms with E-state index in [0.29, 0.717) is 5.56 Å². The number of hydrogen-bond acceptors (Lipinski definition) is 6. The molecule has 0 fully saturated rings. The van der Waals surface area contributed by atoms with Gasteiger partial charge in [-0.3, -0.25) is 19.7 Å². The Balaban J connectivity index is 1.86. The summed E-state index contributed by atoms with van der Waals surface area (Å²) in [7, 11) is 0. The van der Waals surface area contributed by atoms with Crippen molar-refractivity contribution in [1.82, 2.24) is 4.98 Å². The average molecular weight is 320 g/mol. The van der Waals surface area contributed by atoms with Gasteiger partial charge in [0.1, 0.15) is 0 Å². The number of nitro groups is 1. The Kier molecular flexibility index (Phi) is 2.89. The lowest BCUT2D eigenvalue weighted by Crippen LogP contribution is -2.19. The summed E-state index contributed by atoms with van der Waals surface area (Å²) in [5.74, 6) is -0.969. The van der Waals surface area contributed by atoms with Crippen molar-refractivity contribution in [1.29, 1.82) is 0 Å². The van der Waals surface area contributed by atoms with Crippen molar-refractivity contribution in [2.24, 2.45) is 0 Å². The maximum absolute atomic E-state index is 12.5. The molecule has 3 aromatic rings. The molecule has 0 unspecified atom stereocenters. The number of aromatic nitrogens is 1. The predicted molar refractivity (Wildman–Crippen MR) is 81.9 cm³/mol. The van der Waals surface area contributed by atoms with Crippen molar-refractivity contribution >= 4 is 17.3 Å². The standard InChI is InChI=1S/C17H8N2O5/c20-14-11-6-1-2-7-12(11)15(21)16-13(14)18-17(24-16)9-4-3-5-10(8-9)19(22)23/h1-8H. The molecular weight excluding hydrogens is 312 g/mol. The average Bonchev–Trinajstić information content (AvgIpc) is 3.06. The first kappa shape index (κ1) is 14.0. The fourth-order valence-electron chi connectivity index (χ4n) is 2.63. The highest BCUT2D eigenvalue weighted by Gasteiger charge is 2.35. The Morgan fingerprint density at radius 2 is 1.67 bits per heavy atom. The summed E-state index contributed by atoms with van der Waals surface area (Å²) in [5.41, 5.74) is 0.652. The third kappa shape index (κ3) is 1.95. The van der Waals surface area contributed by atoms with Crippen LogP contribution in [-0.2, 0) is 0 Å². The lowest BCUT2D eigenvalue weighted by molar-refractivity contribution is -0.384. The summed E-state index contributed by atoms with van der Waals surface area (Å²) in [5, 5.41) is 10.9. The topological polar surface area (TPSA) is 103 Å². The van der Waals surface area contributed by atoms with Crippen LogP contribution in [0.25, 0.3) is 11.5 Å². The molecule has 24 heavy (non-hydrogen) atoms. The van der Waals surface area contributed by atoms with Gasteiger partial charge in [-0.1, -0.05) is 30.3 Å². The van der Waals surface area contributed by atoms with Crippen molar-refractivity contribution in [3.63, 3.8) is 0 Å². The molecule has 0 bridgehead atoms. The van der Waals surface area contributed by atoms with E-state index >= 15 is 0 Å². The van der Waals surface area contributed by atoms with Gasteiger partial charge in [0.2, 0.25) is 23.2 Å². The van der Waals surface area contributed by atoms with Crippen LogP contribution >= 0.6 is 0 Å². The number of carbonyl (C=O) groups excluding carboxylic acids is 2. The van der Waals surface area contributed by atoms with Crippen molar-refractivity contribution < 1.29 is 18.9 Å². The first-order valence-corrected chi connectivity index (χ1v) is 7.00. The van der Waals surface area contributed by atoms with E-state index in [1.54, 1.807) is 30.3 Å². The quantitative estimate of drug-likeness (QED) is 0.415. The van der Waals surface area contributed by atoms with Gasteiger partial charge in [0.25, 0.3) is 5.69 Å². The third-order valence-corrected chi connectivity index (χ3v) is 3.77. The minimum Gasteiger partial charge on any atom is -0.432 e. The lowest BCUT2D eigenvalue weighted by Gasteiger charge is -2.10. The molecule has 1 aliphatic carbocycles. The van der Waals surface area contributed by atoms with E-state index < -0.39 is 16.5 Å². The second-order valence-electron chi connectivity index (χ2n) is 5.21. The van der Waals surface area contributed by atoms with Crippen LogP contribution in [0.1, 0.15) is 32.2 Å². The molecule has 0 aliphatic heterocycles. The van der Waals surface area contributed by atoms with Gasteiger partial charge in [-0.15, -0.1) is 0 Å². The molecule has 0 spiro atoms. The van der Waals surface area contributed by atoms with E-state index in [4.69, 9.17) is 4.42 Å². The van der Waals surface area contributed by atoms with Crippen LogP contribution in [0.15, 0.2) is 52.9 Å². The Bertz CT molecular complexity index is 982. The highest BCUT2D eigenvalue weighted by atomic mass is 16.6. The summed E-state index contributed by atoms with van der Waals surface area (Å²) in [6.07, 6.45) is 0. The van der Waals surface area contributed by atoms with E-state index in [1.807, 2.05) is 0 Å². The first-order valence-electron chi connectivity index (χ1n) is 7.00. The Labute approximate surface area is 134 Å². The SMILES string of the molecule is O=C1c2ccccc2C(=O)c2oc(-c3cccc([N+](=O)[O-])c3)nc21. The Morgan fingerprint density at radius 3 is 2.38 bits per heavy atom. The number of benzene rings is 2. The molecule has 4 rings (SSSR count). The van der Waals surface area contributed by atoms with Crippen molar-refractivity contribution in [2.45, 2.75) is 0 Å². The van der Waals surface area contributed by atoms with Crippen LogP contribution in [-0.4, -0.2) is 21.5 Å². The number of fused-ring (bicyclic) bond motifs is 2. The second-order valence-corrected chi connectivity index (χ2v) is 5.21. The molecule has 0 N–H and O–H groups in total. The summed E-state index contributed by atoms with van der Waals surface area (Å²) in [6.45, 7) is 0. The van der Waals surface area contributed by atoms with Gasteiger partial charge in [0.15, 0.2) is 5.69 Å². The molecule has 0 atom stereocenters. The van der Waals surface area contributed by atoms with Crippen molar-refractivity contribution in [3.05, 3.63) is 81.2 Å². The molecule has 7 heteroatoms. The van der Waals surface area contributed by atoms with E-state index in [0.717, 1.165) is 0 Å². The van der Waals surface area contributed by atoms with Gasteiger partial charge in [-0.25, -0.2) is 4.98 Å². The molecule has 0 saturated heterocycles. The summed E-state index contributed by atoms with van der Waals surface area (Å²) < 4.78 is 5.46. The van der Waals surface area contributed by atoms with Crippen LogP contribution in [0.3, 0.4) is 0 Å². The molecule has 0 amide bonds. The number of nitro benzene ring substituents is 1. The monoisotopic (exact) mass is 320 g/mol. The molecule has 1 aliphatic rings. The number of oxazole rings is 1. The summed E-state index contributed by atoms with van der Waals surface area (Å²) in [6, 6.07) is 12.1. The van der Waals surface area contributed by atoms with Crippen LogP contribution in [0.5, 0.6) is 0 Å². The highest BCUT2D eigenvalue weighted by Crippen LogP contribution is 2.31. The van der Waals surface area contributed by atoms with E-state index in [1.165, 1.54) is 18.2 Å². The molecule has 1 heterocycles. The minimum atomic E-state index is -0.543. The number of rotatable bonds is 2. The minimum absolute atomic E-state index is 0.00166. The predicted octanol–water partition coefficient (Wildman–Crippen LogP) is 3.03. The lowest BCUT2D eigenvalue weighted by atomic mass is 9.91. The zero-order valence-electron chi connectivity index (χ0n) is 12.1. The van der Waals surface area contributed by atoms with Gasteiger partial charge in [-0.2, -0.15) is 0 Å². The molecule has 7 nitrogen and oxygen atoms in total. The molecule has 0 radical (unpaired) electrons. The summed E-state index contributed by atoms with van der Waals surface area (Å²) in [4.78, 5) is 39.4. The molecule has 0 saturated carbocycles. The Hall–Kier alpha value is -3.61. The van der Waals surface area contributed by atoms with E-state index in [-0.39, 0.29) is 34.2 Å². The van der Waals surface area contributed by atoms with Crippen LogP contribution in [0.4, 0.5) is 5.69 Å². The zero-order valence-corrected chi connectivity index (χ0v) is 12.1. The second kappa shape index (κ2) is 4.95. The third-order valence-electron chi connectivity index (χ3n) is 3.77. The number of non-ortho nitro benzene ring substituents is 1. The van der Waals surface area contributed by atoms with Crippen molar-refractivity contribution in [3.8, 4) is 11.5 Å².